The van der Waals surface area contributed by atoms with Crippen LogP contribution in [0.2, 0.25) is 0 Å². The summed E-state index contributed by atoms with van der Waals surface area (Å²) in [4.78, 5) is 3.29. The Kier molecular flexibility index (Phi) is 3.83. The van der Waals surface area contributed by atoms with Crippen molar-refractivity contribution in [3.05, 3.63) is 34.4 Å². The van der Waals surface area contributed by atoms with Crippen LogP contribution in [-0.2, 0) is 0 Å². The minimum Gasteiger partial charge on any atom is -0.361 e. The average molecular weight is 334 g/mol. The predicted octanol–water partition coefficient (Wildman–Crippen LogP) is 4.53. The standard InChI is InChI=1S/C16H20BrN3/c1-11-4-3-5-12(2)20(11)19-10-13-9-18-16-7-6-14(17)8-15(13)16/h6-12,18H,3-5H2,1-2H3/b19-10+/t11-,12-/m1/s1. The molecule has 1 fully saturated rings. The summed E-state index contributed by atoms with van der Waals surface area (Å²) in [5.74, 6) is 0. The second-order valence-corrected chi connectivity index (χ2v) is 6.60. The second kappa shape index (κ2) is 5.60. The molecule has 20 heavy (non-hydrogen) atoms. The molecule has 1 aromatic heterocycles. The van der Waals surface area contributed by atoms with E-state index in [0.717, 1.165) is 15.6 Å². The molecule has 0 spiro atoms. The van der Waals surface area contributed by atoms with Gasteiger partial charge >= 0.3 is 0 Å². The fourth-order valence-electron chi connectivity index (χ4n) is 2.99. The van der Waals surface area contributed by atoms with Gasteiger partial charge in [-0.1, -0.05) is 15.9 Å². The smallest absolute Gasteiger partial charge is 0.0564 e. The normalized spacial score (nSPS) is 23.9. The highest BCUT2D eigenvalue weighted by Gasteiger charge is 2.22. The zero-order valence-corrected chi connectivity index (χ0v) is 13.5. The van der Waals surface area contributed by atoms with Crippen LogP contribution < -0.4 is 0 Å². The average Bonchev–Trinajstić information content (AvgIpc) is 2.81. The van der Waals surface area contributed by atoms with Crippen molar-refractivity contribution in [2.45, 2.75) is 45.2 Å². The number of H-pyrrole nitrogens is 1. The minimum absolute atomic E-state index is 0.534. The van der Waals surface area contributed by atoms with E-state index in [1.807, 2.05) is 12.4 Å². The summed E-state index contributed by atoms with van der Waals surface area (Å²) < 4.78 is 1.10. The molecule has 4 heteroatoms. The van der Waals surface area contributed by atoms with Gasteiger partial charge < -0.3 is 4.98 Å². The number of hydrazone groups is 1. The second-order valence-electron chi connectivity index (χ2n) is 5.69. The van der Waals surface area contributed by atoms with E-state index in [0.29, 0.717) is 12.1 Å². The number of aromatic nitrogens is 1. The van der Waals surface area contributed by atoms with Gasteiger partial charge in [0.15, 0.2) is 0 Å². The third-order valence-electron chi connectivity index (χ3n) is 4.15. The van der Waals surface area contributed by atoms with Gasteiger partial charge in [0.25, 0.3) is 0 Å². The summed E-state index contributed by atoms with van der Waals surface area (Å²) >= 11 is 3.53. The number of halogens is 1. The number of rotatable bonds is 2. The van der Waals surface area contributed by atoms with Crippen molar-refractivity contribution in [3.63, 3.8) is 0 Å². The van der Waals surface area contributed by atoms with Crippen LogP contribution in [0.5, 0.6) is 0 Å². The van der Waals surface area contributed by atoms with Gasteiger partial charge in [-0.3, -0.25) is 5.01 Å². The molecule has 2 atom stereocenters. The van der Waals surface area contributed by atoms with E-state index >= 15 is 0 Å². The topological polar surface area (TPSA) is 31.4 Å². The first-order valence-electron chi connectivity index (χ1n) is 7.24. The van der Waals surface area contributed by atoms with Gasteiger partial charge in [-0.2, -0.15) is 5.10 Å². The number of piperidine rings is 1. The van der Waals surface area contributed by atoms with Gasteiger partial charge in [-0.15, -0.1) is 0 Å². The molecule has 106 valence electrons. The molecular weight excluding hydrogens is 314 g/mol. The van der Waals surface area contributed by atoms with Crippen LogP contribution in [0.25, 0.3) is 10.9 Å². The highest BCUT2D eigenvalue weighted by molar-refractivity contribution is 9.10. The molecular formula is C16H20BrN3. The van der Waals surface area contributed by atoms with Crippen LogP contribution in [0, 0.1) is 0 Å². The van der Waals surface area contributed by atoms with Crippen LogP contribution >= 0.6 is 15.9 Å². The van der Waals surface area contributed by atoms with Crippen molar-refractivity contribution < 1.29 is 0 Å². The molecule has 3 rings (SSSR count). The van der Waals surface area contributed by atoms with E-state index in [9.17, 15) is 0 Å². The third-order valence-corrected chi connectivity index (χ3v) is 4.65. The van der Waals surface area contributed by atoms with Crippen molar-refractivity contribution in [2.75, 3.05) is 0 Å². The highest BCUT2D eigenvalue weighted by Crippen LogP contribution is 2.24. The molecule has 1 aromatic carbocycles. The van der Waals surface area contributed by atoms with Crippen LogP contribution in [0.15, 0.2) is 34.0 Å². The van der Waals surface area contributed by atoms with Crippen LogP contribution in [-0.4, -0.2) is 28.3 Å². The molecule has 0 unspecified atom stereocenters. The van der Waals surface area contributed by atoms with E-state index < -0.39 is 0 Å². The molecule has 1 aliphatic rings. The zero-order chi connectivity index (χ0) is 14.1. The van der Waals surface area contributed by atoms with Crippen molar-refractivity contribution in [2.24, 2.45) is 5.10 Å². The number of aromatic amines is 1. The molecule has 0 aliphatic carbocycles. The Balaban J connectivity index is 1.88. The molecule has 3 nitrogen and oxygen atoms in total. The minimum atomic E-state index is 0.534. The maximum absolute atomic E-state index is 4.74. The van der Waals surface area contributed by atoms with Crippen molar-refractivity contribution >= 4 is 33.0 Å². The number of hydrogen-bond acceptors (Lipinski definition) is 2. The lowest BCUT2D eigenvalue weighted by Gasteiger charge is -2.36. The number of hydrogen-bond donors (Lipinski definition) is 1. The number of fused-ring (bicyclic) bond motifs is 1. The van der Waals surface area contributed by atoms with E-state index in [4.69, 9.17) is 5.10 Å². The first-order chi connectivity index (χ1) is 9.65. The summed E-state index contributed by atoms with van der Waals surface area (Å²) in [5.41, 5.74) is 2.29. The van der Waals surface area contributed by atoms with Crippen molar-refractivity contribution in [1.29, 1.82) is 0 Å². The van der Waals surface area contributed by atoms with Gasteiger partial charge in [0, 0.05) is 39.2 Å². The number of nitrogens with zero attached hydrogens (tertiary/aromatic N) is 2. The summed E-state index contributed by atoms with van der Waals surface area (Å²) in [5, 5.41) is 8.20. The Bertz CT molecular complexity index is 622. The van der Waals surface area contributed by atoms with Gasteiger partial charge in [0.1, 0.15) is 0 Å². The summed E-state index contributed by atoms with van der Waals surface area (Å²) in [6, 6.07) is 7.34. The summed E-state index contributed by atoms with van der Waals surface area (Å²) in [6.07, 6.45) is 7.81. The molecule has 0 radical (unpaired) electrons. The van der Waals surface area contributed by atoms with Crippen LogP contribution in [0.1, 0.15) is 38.7 Å². The summed E-state index contributed by atoms with van der Waals surface area (Å²) in [7, 11) is 0. The number of nitrogens with one attached hydrogen (secondary N) is 1. The lowest BCUT2D eigenvalue weighted by atomic mass is 10.00. The molecule has 1 aliphatic heterocycles. The van der Waals surface area contributed by atoms with Gasteiger partial charge in [0.05, 0.1) is 6.21 Å². The van der Waals surface area contributed by atoms with Gasteiger partial charge in [-0.25, -0.2) is 0 Å². The van der Waals surface area contributed by atoms with E-state index in [1.54, 1.807) is 0 Å². The predicted molar refractivity (Wildman–Crippen MR) is 88.2 cm³/mol. The largest absolute Gasteiger partial charge is 0.361 e. The molecule has 0 saturated carbocycles. The van der Waals surface area contributed by atoms with E-state index in [1.165, 1.54) is 24.6 Å². The summed E-state index contributed by atoms with van der Waals surface area (Å²) in [6.45, 7) is 4.53. The number of benzene rings is 1. The first-order valence-corrected chi connectivity index (χ1v) is 8.03. The Morgan fingerprint density at radius 3 is 2.80 bits per heavy atom. The maximum Gasteiger partial charge on any atom is 0.0564 e. The molecule has 2 heterocycles. The monoisotopic (exact) mass is 333 g/mol. The van der Waals surface area contributed by atoms with Crippen LogP contribution in [0.3, 0.4) is 0 Å². The van der Waals surface area contributed by atoms with Crippen molar-refractivity contribution in [1.82, 2.24) is 9.99 Å². The molecule has 0 bridgehead atoms. The Labute approximate surface area is 128 Å². The molecule has 1 saturated heterocycles. The van der Waals surface area contributed by atoms with Gasteiger partial charge in [0.2, 0.25) is 0 Å². The quantitative estimate of drug-likeness (QED) is 0.804. The van der Waals surface area contributed by atoms with Crippen LogP contribution in [0.4, 0.5) is 0 Å². The first kappa shape index (κ1) is 13.7. The maximum atomic E-state index is 4.74. The Morgan fingerprint density at radius 1 is 1.30 bits per heavy atom. The fourth-order valence-corrected chi connectivity index (χ4v) is 3.35. The third kappa shape index (κ3) is 2.62. The Hall–Kier alpha value is -1.29. The lowest BCUT2D eigenvalue weighted by molar-refractivity contribution is 0.109. The van der Waals surface area contributed by atoms with Gasteiger partial charge in [-0.05, 0) is 51.3 Å². The zero-order valence-electron chi connectivity index (χ0n) is 11.9. The fraction of sp³-hybridized carbons (Fsp3) is 0.438. The SMILES string of the molecule is C[C@@H]1CCC[C@@H](C)N1/N=C/c1c[nH]c2ccc(Br)cc12. The van der Waals surface area contributed by atoms with Crippen molar-refractivity contribution in [3.8, 4) is 0 Å². The lowest BCUT2D eigenvalue weighted by Crippen LogP contribution is -2.39. The highest BCUT2D eigenvalue weighted by atomic mass is 79.9. The molecule has 0 amide bonds. The molecule has 1 N–H and O–H groups in total. The van der Waals surface area contributed by atoms with E-state index in [2.05, 4.69) is 58.0 Å². The molecule has 2 aromatic rings. The Morgan fingerprint density at radius 2 is 2.05 bits per heavy atom. The van der Waals surface area contributed by atoms with E-state index in [-0.39, 0.29) is 0 Å².